The Kier molecular flexibility index (Phi) is 4.24. The Hall–Kier alpha value is -2.00. The van der Waals surface area contributed by atoms with Crippen LogP contribution in [-0.2, 0) is 10.0 Å². The third-order valence-corrected chi connectivity index (χ3v) is 4.45. The van der Waals surface area contributed by atoms with E-state index in [0.29, 0.717) is 4.47 Å². The van der Waals surface area contributed by atoms with Crippen LogP contribution in [0.5, 0.6) is 0 Å². The third kappa shape index (κ3) is 3.37. The second-order valence-corrected chi connectivity index (χ2v) is 6.39. The van der Waals surface area contributed by atoms with Crippen LogP contribution in [-0.4, -0.2) is 24.5 Å². The summed E-state index contributed by atoms with van der Waals surface area (Å²) in [4.78, 5) is 13.9. The lowest BCUT2D eigenvalue weighted by atomic mass is 10.2. The molecule has 1 heterocycles. The highest BCUT2D eigenvalue weighted by Gasteiger charge is 2.22. The molecule has 9 heteroatoms. The monoisotopic (exact) mass is 374 g/mol. The number of carboxylic acids is 1. The van der Waals surface area contributed by atoms with E-state index in [9.17, 15) is 17.6 Å². The van der Waals surface area contributed by atoms with Gasteiger partial charge in [0.05, 0.1) is 10.0 Å². The largest absolute Gasteiger partial charge is 0.478 e. The number of hydrogen-bond acceptors (Lipinski definition) is 4. The van der Waals surface area contributed by atoms with Gasteiger partial charge in [0.1, 0.15) is 10.7 Å². The van der Waals surface area contributed by atoms with Crippen molar-refractivity contribution in [3.8, 4) is 0 Å². The molecule has 2 aromatic rings. The van der Waals surface area contributed by atoms with Crippen molar-refractivity contribution < 1.29 is 22.7 Å². The number of nitrogens with one attached hydrogen (secondary N) is 1. The highest BCUT2D eigenvalue weighted by atomic mass is 79.9. The lowest BCUT2D eigenvalue weighted by Crippen LogP contribution is -2.16. The molecule has 1 aromatic carbocycles. The molecule has 0 fully saturated rings. The van der Waals surface area contributed by atoms with E-state index in [4.69, 9.17) is 5.11 Å². The second-order valence-electron chi connectivity index (χ2n) is 3.89. The number of pyridine rings is 1. The molecule has 0 saturated carbocycles. The zero-order valence-corrected chi connectivity index (χ0v) is 12.6. The number of sulfonamides is 1. The Morgan fingerprint density at radius 3 is 2.67 bits per heavy atom. The van der Waals surface area contributed by atoms with Gasteiger partial charge in [-0.05, 0) is 46.3 Å². The Labute approximate surface area is 127 Å². The lowest BCUT2D eigenvalue weighted by Gasteiger charge is -2.10. The molecule has 110 valence electrons. The van der Waals surface area contributed by atoms with Gasteiger partial charge < -0.3 is 5.11 Å². The molecular weight excluding hydrogens is 367 g/mol. The number of aromatic carboxylic acids is 1. The minimum atomic E-state index is -4.30. The smallest absolute Gasteiger partial charge is 0.335 e. The molecule has 0 saturated heterocycles. The standard InChI is InChI=1S/C12H8BrFN2O4S/c13-8-2-1-5-15-11(8)16-21(19,20)10-6-7(12(17)18)3-4-9(10)14/h1-6H,(H,15,16)(H,17,18). The van der Waals surface area contributed by atoms with Gasteiger partial charge in [-0.25, -0.2) is 22.6 Å². The summed E-state index contributed by atoms with van der Waals surface area (Å²) in [5, 5.41) is 8.84. The highest BCUT2D eigenvalue weighted by molar-refractivity contribution is 9.10. The van der Waals surface area contributed by atoms with Crippen LogP contribution in [0, 0.1) is 5.82 Å². The summed E-state index contributed by atoms with van der Waals surface area (Å²) in [6.45, 7) is 0. The molecule has 0 spiro atoms. The number of carbonyl (C=O) groups is 1. The summed E-state index contributed by atoms with van der Waals surface area (Å²) in [5.41, 5.74) is -0.336. The van der Waals surface area contributed by atoms with Crippen LogP contribution in [0.15, 0.2) is 45.9 Å². The van der Waals surface area contributed by atoms with Gasteiger partial charge in [-0.1, -0.05) is 0 Å². The maximum absolute atomic E-state index is 13.7. The highest BCUT2D eigenvalue weighted by Crippen LogP contribution is 2.24. The molecule has 2 N–H and O–H groups in total. The van der Waals surface area contributed by atoms with Crippen LogP contribution in [0.2, 0.25) is 0 Å². The molecule has 0 unspecified atom stereocenters. The van der Waals surface area contributed by atoms with E-state index >= 15 is 0 Å². The molecule has 0 aliphatic heterocycles. The fourth-order valence-electron chi connectivity index (χ4n) is 1.49. The van der Waals surface area contributed by atoms with Crippen LogP contribution in [0.1, 0.15) is 10.4 Å². The fourth-order valence-corrected chi connectivity index (χ4v) is 3.10. The van der Waals surface area contributed by atoms with E-state index in [2.05, 4.69) is 25.6 Å². The molecule has 2 rings (SSSR count). The number of nitrogens with zero attached hydrogens (tertiary/aromatic N) is 1. The van der Waals surface area contributed by atoms with E-state index < -0.39 is 26.7 Å². The minimum absolute atomic E-state index is 0.0300. The van der Waals surface area contributed by atoms with E-state index in [1.807, 2.05) is 0 Å². The first-order valence-electron chi connectivity index (χ1n) is 5.47. The maximum atomic E-state index is 13.7. The number of benzene rings is 1. The van der Waals surface area contributed by atoms with Crippen LogP contribution in [0.25, 0.3) is 0 Å². The molecule has 0 aliphatic rings. The number of anilines is 1. The van der Waals surface area contributed by atoms with Crippen LogP contribution < -0.4 is 4.72 Å². The average molecular weight is 375 g/mol. The van der Waals surface area contributed by atoms with Crippen molar-refractivity contribution >= 4 is 37.7 Å². The molecule has 6 nitrogen and oxygen atoms in total. The molecular formula is C12H8BrFN2O4S. The summed E-state index contributed by atoms with van der Waals surface area (Å²) in [5.74, 6) is -2.44. The average Bonchev–Trinajstić information content (AvgIpc) is 2.41. The van der Waals surface area contributed by atoms with Crippen LogP contribution in [0.3, 0.4) is 0 Å². The van der Waals surface area contributed by atoms with Crippen molar-refractivity contribution in [1.29, 1.82) is 0 Å². The first kappa shape index (κ1) is 15.4. The first-order chi connectivity index (χ1) is 9.81. The summed E-state index contributed by atoms with van der Waals surface area (Å²) in [6, 6.07) is 5.64. The van der Waals surface area contributed by atoms with E-state index in [-0.39, 0.29) is 11.4 Å². The second kappa shape index (κ2) is 5.78. The molecule has 0 aliphatic carbocycles. The van der Waals surface area contributed by atoms with Crippen LogP contribution >= 0.6 is 15.9 Å². The normalized spacial score (nSPS) is 11.1. The van der Waals surface area contributed by atoms with Crippen molar-refractivity contribution in [1.82, 2.24) is 4.98 Å². The summed E-state index contributed by atoms with van der Waals surface area (Å²) < 4.78 is 40.4. The molecule has 21 heavy (non-hydrogen) atoms. The Morgan fingerprint density at radius 2 is 2.05 bits per heavy atom. The van der Waals surface area contributed by atoms with Gasteiger partial charge in [0.25, 0.3) is 10.0 Å². The van der Waals surface area contributed by atoms with E-state index in [1.165, 1.54) is 6.20 Å². The number of aromatic nitrogens is 1. The quantitative estimate of drug-likeness (QED) is 0.856. The molecule has 1 aromatic heterocycles. The Morgan fingerprint density at radius 1 is 1.33 bits per heavy atom. The first-order valence-corrected chi connectivity index (χ1v) is 7.75. The number of halogens is 2. The fraction of sp³-hybridized carbons (Fsp3) is 0. The molecule has 0 bridgehead atoms. The number of rotatable bonds is 4. The summed E-state index contributed by atoms with van der Waals surface area (Å²) in [7, 11) is -4.30. The predicted molar refractivity (Wildman–Crippen MR) is 76.1 cm³/mol. The van der Waals surface area contributed by atoms with Gasteiger partial charge in [-0.3, -0.25) is 4.72 Å². The zero-order valence-electron chi connectivity index (χ0n) is 10.2. The van der Waals surface area contributed by atoms with E-state index in [0.717, 1.165) is 18.2 Å². The van der Waals surface area contributed by atoms with Gasteiger partial charge in [0, 0.05) is 6.20 Å². The van der Waals surface area contributed by atoms with Crippen molar-refractivity contribution in [2.75, 3.05) is 4.72 Å². The maximum Gasteiger partial charge on any atom is 0.335 e. The van der Waals surface area contributed by atoms with Gasteiger partial charge in [0.15, 0.2) is 5.82 Å². The van der Waals surface area contributed by atoms with Gasteiger partial charge >= 0.3 is 5.97 Å². The van der Waals surface area contributed by atoms with Gasteiger partial charge in [0.2, 0.25) is 0 Å². The molecule has 0 amide bonds. The number of carboxylic acid groups (broad SMARTS) is 1. The lowest BCUT2D eigenvalue weighted by molar-refractivity contribution is 0.0696. The number of hydrogen-bond donors (Lipinski definition) is 2. The third-order valence-electron chi connectivity index (χ3n) is 2.46. The van der Waals surface area contributed by atoms with Crippen molar-refractivity contribution in [3.63, 3.8) is 0 Å². The SMILES string of the molecule is O=C(O)c1ccc(F)c(S(=O)(=O)Nc2ncccc2Br)c1. The molecule has 0 atom stereocenters. The predicted octanol–water partition coefficient (Wildman–Crippen LogP) is 2.48. The van der Waals surface area contributed by atoms with Crippen molar-refractivity contribution in [2.45, 2.75) is 4.90 Å². The Bertz CT molecular complexity index is 811. The van der Waals surface area contributed by atoms with E-state index in [1.54, 1.807) is 12.1 Å². The van der Waals surface area contributed by atoms with Gasteiger partial charge in [-0.2, -0.15) is 0 Å². The topological polar surface area (TPSA) is 96.4 Å². The van der Waals surface area contributed by atoms with Crippen molar-refractivity contribution in [3.05, 3.63) is 52.4 Å². The van der Waals surface area contributed by atoms with Gasteiger partial charge in [-0.15, -0.1) is 0 Å². The Balaban J connectivity index is 2.47. The zero-order chi connectivity index (χ0) is 15.6. The van der Waals surface area contributed by atoms with Crippen LogP contribution in [0.4, 0.5) is 10.2 Å². The molecule has 0 radical (unpaired) electrons. The summed E-state index contributed by atoms with van der Waals surface area (Å²) >= 11 is 3.10. The van der Waals surface area contributed by atoms with Crippen molar-refractivity contribution in [2.24, 2.45) is 0 Å². The summed E-state index contributed by atoms with van der Waals surface area (Å²) in [6.07, 6.45) is 1.35. The minimum Gasteiger partial charge on any atom is -0.478 e.